The first kappa shape index (κ1) is 12.3. The highest BCUT2D eigenvalue weighted by molar-refractivity contribution is 6.33. The van der Waals surface area contributed by atoms with Gasteiger partial charge in [-0.15, -0.1) is 0 Å². The maximum absolute atomic E-state index is 10.8. The number of rotatable bonds is 5. The second kappa shape index (κ2) is 5.34. The first-order valence-corrected chi connectivity index (χ1v) is 4.57. The van der Waals surface area contributed by atoms with Crippen LogP contribution in [-0.4, -0.2) is 23.6 Å². The van der Waals surface area contributed by atoms with Crippen LogP contribution in [0.5, 0.6) is 0 Å². The van der Waals surface area contributed by atoms with Crippen LogP contribution < -0.4 is 11.2 Å². The summed E-state index contributed by atoms with van der Waals surface area (Å²) in [5.74, 6) is -1.71. The molecule has 4 N–H and O–H groups in total. The number of hydrogen-bond donors (Lipinski definition) is 3. The van der Waals surface area contributed by atoms with Crippen molar-refractivity contribution in [2.45, 2.75) is 0 Å². The van der Waals surface area contributed by atoms with Crippen LogP contribution in [0, 0.1) is 0 Å². The molecule has 0 aliphatic carbocycles. The summed E-state index contributed by atoms with van der Waals surface area (Å²) in [6, 6.07) is 4.27. The van der Waals surface area contributed by atoms with E-state index in [2.05, 4.69) is 10.3 Å². The molecule has 0 radical (unpaired) electrons. The van der Waals surface area contributed by atoms with Gasteiger partial charge in [0.1, 0.15) is 0 Å². The number of nitrogens with two attached hydrogens (primary N) is 1. The minimum absolute atomic E-state index is 0.210. The van der Waals surface area contributed by atoms with Crippen LogP contribution in [-0.2, 0) is 9.63 Å². The zero-order valence-corrected chi connectivity index (χ0v) is 8.82. The summed E-state index contributed by atoms with van der Waals surface area (Å²) in [7, 11) is 0. The lowest BCUT2D eigenvalue weighted by molar-refractivity contribution is -0.141. The molecule has 6 nitrogen and oxygen atoms in total. The highest BCUT2D eigenvalue weighted by Crippen LogP contribution is 2.22. The number of anilines is 1. The second-order valence-corrected chi connectivity index (χ2v) is 3.25. The Kier molecular flexibility index (Phi) is 4.10. The molecule has 0 saturated heterocycles. The number of primary amides is 1. The molecule has 0 spiro atoms. The molecule has 0 aliphatic rings. The molecule has 16 heavy (non-hydrogen) atoms. The van der Waals surface area contributed by atoms with Crippen LogP contribution >= 0.6 is 11.6 Å². The average molecular weight is 245 g/mol. The fourth-order valence-corrected chi connectivity index (χ4v) is 1.15. The number of carboxylic acid groups (broad SMARTS) is 1. The number of carboxylic acids is 1. The Morgan fingerprint density at radius 3 is 2.69 bits per heavy atom. The predicted octanol–water partition coefficient (Wildman–Crippen LogP) is 0.867. The third kappa shape index (κ3) is 3.41. The van der Waals surface area contributed by atoms with Crippen molar-refractivity contribution in [1.29, 1.82) is 0 Å². The molecule has 0 saturated carbocycles. The molecule has 86 valence electrons. The quantitative estimate of drug-likeness (QED) is 0.667. The number of aliphatic carboxylic acids is 1. The van der Waals surface area contributed by atoms with E-state index in [-0.39, 0.29) is 10.6 Å². The Morgan fingerprint density at radius 2 is 2.19 bits per heavy atom. The largest absolute Gasteiger partial charge is 0.479 e. The van der Waals surface area contributed by atoms with Crippen molar-refractivity contribution in [3.63, 3.8) is 0 Å². The molecule has 0 fully saturated rings. The lowest BCUT2D eigenvalue weighted by Gasteiger charge is -2.07. The minimum atomic E-state index is -1.11. The summed E-state index contributed by atoms with van der Waals surface area (Å²) in [4.78, 5) is 25.6. The van der Waals surface area contributed by atoms with Crippen LogP contribution in [0.25, 0.3) is 0 Å². The fourth-order valence-electron chi connectivity index (χ4n) is 0.927. The summed E-state index contributed by atoms with van der Waals surface area (Å²) in [6.07, 6.45) is 0. The van der Waals surface area contributed by atoms with Crippen LogP contribution in [0.15, 0.2) is 18.2 Å². The van der Waals surface area contributed by atoms with Gasteiger partial charge in [0.2, 0.25) is 5.91 Å². The monoisotopic (exact) mass is 244 g/mol. The van der Waals surface area contributed by atoms with Gasteiger partial charge in [0.15, 0.2) is 6.61 Å². The molecular weight excluding hydrogens is 236 g/mol. The van der Waals surface area contributed by atoms with Crippen LogP contribution in [0.2, 0.25) is 5.02 Å². The van der Waals surface area contributed by atoms with E-state index in [1.165, 1.54) is 18.2 Å². The smallest absolute Gasteiger partial charge is 0.332 e. The molecule has 0 atom stereocenters. The number of carbonyl (C=O) groups is 2. The van der Waals surface area contributed by atoms with Gasteiger partial charge in [-0.05, 0) is 18.2 Å². The van der Waals surface area contributed by atoms with E-state index >= 15 is 0 Å². The zero-order chi connectivity index (χ0) is 12.1. The van der Waals surface area contributed by atoms with Crippen LogP contribution in [0.1, 0.15) is 10.4 Å². The highest BCUT2D eigenvalue weighted by atomic mass is 35.5. The van der Waals surface area contributed by atoms with Gasteiger partial charge in [-0.2, -0.15) is 0 Å². The molecule has 1 amide bonds. The number of halogens is 1. The summed E-state index contributed by atoms with van der Waals surface area (Å²) in [6.45, 7) is -0.506. The van der Waals surface area contributed by atoms with Crippen molar-refractivity contribution >= 4 is 29.2 Å². The fraction of sp³-hybridized carbons (Fsp3) is 0.111. The normalized spacial score (nSPS) is 9.81. The van der Waals surface area contributed by atoms with Gasteiger partial charge in [-0.25, -0.2) is 4.79 Å². The first-order chi connectivity index (χ1) is 7.50. The van der Waals surface area contributed by atoms with Crippen molar-refractivity contribution in [2.75, 3.05) is 12.1 Å². The van der Waals surface area contributed by atoms with E-state index in [9.17, 15) is 9.59 Å². The van der Waals surface area contributed by atoms with Crippen molar-refractivity contribution in [3.8, 4) is 0 Å². The third-order valence-electron chi connectivity index (χ3n) is 1.63. The van der Waals surface area contributed by atoms with E-state index in [1.807, 2.05) is 0 Å². The topological polar surface area (TPSA) is 102 Å². The van der Waals surface area contributed by atoms with Gasteiger partial charge in [-0.3, -0.25) is 15.1 Å². The Hall–Kier alpha value is -1.79. The van der Waals surface area contributed by atoms with E-state index < -0.39 is 18.5 Å². The number of amides is 1. The third-order valence-corrected chi connectivity index (χ3v) is 1.94. The number of nitrogens with one attached hydrogen (secondary N) is 1. The summed E-state index contributed by atoms with van der Waals surface area (Å²) < 4.78 is 0. The average Bonchev–Trinajstić information content (AvgIpc) is 2.19. The van der Waals surface area contributed by atoms with Gasteiger partial charge >= 0.3 is 5.97 Å². The predicted molar refractivity (Wildman–Crippen MR) is 57.2 cm³/mol. The summed E-state index contributed by atoms with van der Waals surface area (Å²) in [5.41, 5.74) is 8.00. The van der Waals surface area contributed by atoms with Gasteiger partial charge < -0.3 is 10.8 Å². The zero-order valence-electron chi connectivity index (χ0n) is 8.07. The number of hydrogen-bond acceptors (Lipinski definition) is 4. The van der Waals surface area contributed by atoms with Crippen molar-refractivity contribution in [3.05, 3.63) is 28.8 Å². The molecule has 0 aromatic heterocycles. The molecule has 1 aromatic rings. The van der Waals surface area contributed by atoms with E-state index in [1.54, 1.807) is 0 Å². The van der Waals surface area contributed by atoms with Gasteiger partial charge in [-0.1, -0.05) is 11.6 Å². The van der Waals surface area contributed by atoms with E-state index in [4.69, 9.17) is 22.4 Å². The van der Waals surface area contributed by atoms with Crippen molar-refractivity contribution in [2.24, 2.45) is 5.73 Å². The van der Waals surface area contributed by atoms with Gasteiger partial charge in [0, 0.05) is 5.56 Å². The molecule has 0 unspecified atom stereocenters. The molecule has 1 rings (SSSR count). The molecule has 0 aliphatic heterocycles. The van der Waals surface area contributed by atoms with Crippen molar-refractivity contribution in [1.82, 2.24) is 0 Å². The molecule has 1 aromatic carbocycles. The van der Waals surface area contributed by atoms with Gasteiger partial charge in [0.05, 0.1) is 10.7 Å². The Labute approximate surface area is 95.9 Å². The lowest BCUT2D eigenvalue weighted by atomic mass is 10.2. The minimum Gasteiger partial charge on any atom is -0.479 e. The number of carbonyl (C=O) groups excluding carboxylic acids is 1. The first-order valence-electron chi connectivity index (χ1n) is 4.19. The molecule has 7 heteroatoms. The van der Waals surface area contributed by atoms with Crippen molar-refractivity contribution < 1.29 is 19.5 Å². The Bertz CT molecular complexity index is 422. The standard InChI is InChI=1S/C9H9ClN2O4/c10-6-3-5(9(11)15)1-2-7(6)12-16-4-8(13)14/h1-3,12H,4H2,(H2,11,15)(H,13,14). The molecule has 0 heterocycles. The Balaban J connectivity index is 2.68. The van der Waals surface area contributed by atoms with Gasteiger partial charge in [0.25, 0.3) is 0 Å². The summed E-state index contributed by atoms with van der Waals surface area (Å²) in [5, 5.41) is 8.53. The van der Waals surface area contributed by atoms with E-state index in [0.29, 0.717) is 5.69 Å². The number of benzene rings is 1. The van der Waals surface area contributed by atoms with Crippen LogP contribution in [0.4, 0.5) is 5.69 Å². The SMILES string of the molecule is NC(=O)c1ccc(NOCC(=O)O)c(Cl)c1. The Morgan fingerprint density at radius 1 is 1.50 bits per heavy atom. The van der Waals surface area contributed by atoms with E-state index in [0.717, 1.165) is 0 Å². The molecule has 0 bridgehead atoms. The molecular formula is C9H9ClN2O4. The summed E-state index contributed by atoms with van der Waals surface area (Å²) >= 11 is 5.79. The second-order valence-electron chi connectivity index (χ2n) is 2.84. The van der Waals surface area contributed by atoms with Crippen LogP contribution in [0.3, 0.4) is 0 Å². The maximum Gasteiger partial charge on any atom is 0.332 e. The highest BCUT2D eigenvalue weighted by Gasteiger charge is 2.06. The lowest BCUT2D eigenvalue weighted by Crippen LogP contribution is -2.13. The maximum atomic E-state index is 10.8.